The van der Waals surface area contributed by atoms with Crippen molar-refractivity contribution in [2.24, 2.45) is 0 Å². The second-order valence-corrected chi connectivity index (χ2v) is 12.5. The van der Waals surface area contributed by atoms with Crippen molar-refractivity contribution in [1.82, 2.24) is 14.8 Å². The van der Waals surface area contributed by atoms with Crippen molar-refractivity contribution in [3.63, 3.8) is 0 Å². The van der Waals surface area contributed by atoms with Crippen LogP contribution in [0, 0.1) is 12.7 Å². The number of nitrogens with zero attached hydrogens (tertiary/aromatic N) is 3. The largest absolute Gasteiger partial charge is 0.359 e. The lowest BCUT2D eigenvalue weighted by Gasteiger charge is -2.15. The van der Waals surface area contributed by atoms with Crippen molar-refractivity contribution in [2.45, 2.75) is 39.3 Å². The molecule has 110 valence electrons. The van der Waals surface area contributed by atoms with E-state index in [4.69, 9.17) is 4.74 Å². The summed E-state index contributed by atoms with van der Waals surface area (Å²) >= 11 is 3.25. The molecule has 0 saturated heterocycles. The molecule has 0 aliphatic carbocycles. The predicted octanol–water partition coefficient (Wildman–Crippen LogP) is 3.95. The molecule has 20 heavy (non-hydrogen) atoms. The lowest BCUT2D eigenvalue weighted by molar-refractivity contribution is 0.0812. The molecule has 0 atom stereocenters. The number of hydrogen-bond donors (Lipinski definition) is 0. The van der Waals surface area contributed by atoms with Gasteiger partial charge in [-0.2, -0.15) is 5.10 Å². The zero-order valence-corrected chi connectivity index (χ0v) is 14.8. The van der Waals surface area contributed by atoms with Crippen molar-refractivity contribution in [3.05, 3.63) is 22.2 Å². The molecule has 2 aromatic rings. The zero-order chi connectivity index (χ0) is 14.9. The highest BCUT2D eigenvalue weighted by Gasteiger charge is 2.15. The molecule has 0 spiro atoms. The van der Waals surface area contributed by atoms with Gasteiger partial charge in [0.05, 0.1) is 21.7 Å². The van der Waals surface area contributed by atoms with Gasteiger partial charge in [-0.1, -0.05) is 19.6 Å². The molecule has 0 amide bonds. The van der Waals surface area contributed by atoms with Crippen LogP contribution >= 0.6 is 15.9 Å². The molecule has 2 heterocycles. The predicted molar refractivity (Wildman–Crippen MR) is 84.0 cm³/mol. The summed E-state index contributed by atoms with van der Waals surface area (Å²) in [7, 11) is -1.09. The second-order valence-electron chi connectivity index (χ2n) is 6.05. The number of fused-ring (bicyclic) bond motifs is 1. The van der Waals surface area contributed by atoms with Crippen LogP contribution in [0.2, 0.25) is 25.7 Å². The van der Waals surface area contributed by atoms with Gasteiger partial charge in [0.2, 0.25) is 0 Å². The summed E-state index contributed by atoms with van der Waals surface area (Å²) in [4.78, 5) is 4.25. The van der Waals surface area contributed by atoms with E-state index >= 15 is 0 Å². The Morgan fingerprint density at radius 3 is 2.75 bits per heavy atom. The summed E-state index contributed by atoms with van der Waals surface area (Å²) in [5, 5.41) is 4.88. The Bertz CT molecular complexity index is 624. The van der Waals surface area contributed by atoms with Gasteiger partial charge in [-0.15, -0.1) is 0 Å². The van der Waals surface area contributed by atoms with Crippen LogP contribution in [0.1, 0.15) is 5.69 Å². The van der Waals surface area contributed by atoms with Crippen molar-refractivity contribution < 1.29 is 9.13 Å². The van der Waals surface area contributed by atoms with Crippen molar-refractivity contribution in [1.29, 1.82) is 0 Å². The molecule has 0 fully saturated rings. The van der Waals surface area contributed by atoms with Crippen LogP contribution in [0.3, 0.4) is 0 Å². The fraction of sp³-hybridized carbons (Fsp3) is 0.538. The fourth-order valence-corrected chi connectivity index (χ4v) is 3.08. The first-order valence-corrected chi connectivity index (χ1v) is 11.0. The molecule has 0 aliphatic rings. The maximum absolute atomic E-state index is 13.7. The Morgan fingerprint density at radius 2 is 2.10 bits per heavy atom. The Balaban J connectivity index is 2.12. The number of hydrogen-bond acceptors (Lipinski definition) is 3. The molecule has 0 radical (unpaired) electrons. The average molecular weight is 360 g/mol. The van der Waals surface area contributed by atoms with Crippen LogP contribution in [0.5, 0.6) is 0 Å². The van der Waals surface area contributed by atoms with Crippen LogP contribution in [-0.4, -0.2) is 29.4 Å². The van der Waals surface area contributed by atoms with E-state index in [0.717, 1.165) is 12.7 Å². The summed E-state index contributed by atoms with van der Waals surface area (Å²) in [5.41, 5.74) is 0.997. The normalized spacial score (nSPS) is 12.3. The van der Waals surface area contributed by atoms with Crippen LogP contribution in [0.4, 0.5) is 4.39 Å². The number of aromatic nitrogens is 3. The van der Waals surface area contributed by atoms with Crippen molar-refractivity contribution >= 4 is 35.0 Å². The van der Waals surface area contributed by atoms with Crippen molar-refractivity contribution in [3.8, 4) is 0 Å². The molecule has 0 bridgehead atoms. The summed E-state index contributed by atoms with van der Waals surface area (Å²) in [6.45, 7) is 9.64. The Labute approximate surface area is 127 Å². The van der Waals surface area contributed by atoms with E-state index in [0.29, 0.717) is 27.9 Å². The molecule has 7 heteroatoms. The Hall–Kier alpha value is -0.793. The third-order valence-electron chi connectivity index (χ3n) is 3.04. The number of pyridine rings is 1. The first-order valence-electron chi connectivity index (χ1n) is 6.54. The molecule has 0 saturated carbocycles. The summed E-state index contributed by atoms with van der Waals surface area (Å²) in [6, 6.07) is 1.11. The van der Waals surface area contributed by atoms with Gasteiger partial charge in [0, 0.05) is 14.7 Å². The van der Waals surface area contributed by atoms with Crippen LogP contribution in [0.25, 0.3) is 11.0 Å². The van der Waals surface area contributed by atoms with Gasteiger partial charge in [0.1, 0.15) is 6.73 Å². The average Bonchev–Trinajstić information content (AvgIpc) is 2.74. The highest BCUT2D eigenvalue weighted by atomic mass is 79.9. The molecule has 0 aliphatic heterocycles. The summed E-state index contributed by atoms with van der Waals surface area (Å²) < 4.78 is 21.5. The first-order chi connectivity index (χ1) is 9.29. The molecule has 2 aromatic heterocycles. The molecule has 4 nitrogen and oxygen atoms in total. The maximum Gasteiger partial charge on any atom is 0.161 e. The molecular formula is C13H19BrFN3OSi. The topological polar surface area (TPSA) is 39.9 Å². The van der Waals surface area contributed by atoms with E-state index in [9.17, 15) is 4.39 Å². The van der Waals surface area contributed by atoms with E-state index < -0.39 is 8.07 Å². The summed E-state index contributed by atoms with van der Waals surface area (Å²) in [5.74, 6) is -0.336. The lowest BCUT2D eigenvalue weighted by atomic mass is 10.3. The van der Waals surface area contributed by atoms with E-state index in [-0.39, 0.29) is 5.82 Å². The standard InChI is InChI=1S/C13H19BrFN3OSi/c1-9-12(15)11(14)10-7-16-18(13(10)17-9)8-19-5-6-20(2,3)4/h7H,5-6,8H2,1-4H3. The molecule has 0 N–H and O–H groups in total. The molecule has 0 unspecified atom stereocenters. The van der Waals surface area contributed by atoms with E-state index in [1.54, 1.807) is 17.8 Å². The van der Waals surface area contributed by atoms with Gasteiger partial charge in [-0.3, -0.25) is 0 Å². The molecule has 0 aromatic carbocycles. The molecular weight excluding hydrogens is 341 g/mol. The lowest BCUT2D eigenvalue weighted by Crippen LogP contribution is -2.22. The van der Waals surface area contributed by atoms with Gasteiger partial charge in [-0.05, 0) is 28.9 Å². The van der Waals surface area contributed by atoms with Gasteiger partial charge >= 0.3 is 0 Å². The third-order valence-corrected chi connectivity index (χ3v) is 5.52. The highest BCUT2D eigenvalue weighted by molar-refractivity contribution is 9.10. The van der Waals surface area contributed by atoms with Gasteiger partial charge in [0.25, 0.3) is 0 Å². The second kappa shape index (κ2) is 5.91. The van der Waals surface area contributed by atoms with E-state index in [1.807, 2.05) is 0 Å². The highest BCUT2D eigenvalue weighted by Crippen LogP contribution is 2.27. The minimum Gasteiger partial charge on any atom is -0.359 e. The maximum atomic E-state index is 13.7. The Morgan fingerprint density at radius 1 is 1.40 bits per heavy atom. The minimum absolute atomic E-state index is 0.336. The fourth-order valence-electron chi connectivity index (χ4n) is 1.76. The van der Waals surface area contributed by atoms with Gasteiger partial charge in [-0.25, -0.2) is 14.1 Å². The number of aryl methyl sites for hydroxylation is 1. The third kappa shape index (κ3) is 3.45. The summed E-state index contributed by atoms with van der Waals surface area (Å²) in [6.07, 6.45) is 1.61. The van der Waals surface area contributed by atoms with Crippen LogP contribution in [-0.2, 0) is 11.5 Å². The zero-order valence-electron chi connectivity index (χ0n) is 12.2. The van der Waals surface area contributed by atoms with E-state index in [2.05, 4.69) is 45.7 Å². The number of ether oxygens (including phenoxy) is 1. The van der Waals surface area contributed by atoms with Crippen molar-refractivity contribution in [2.75, 3.05) is 6.61 Å². The minimum atomic E-state index is -1.09. The molecule has 2 rings (SSSR count). The SMILES string of the molecule is Cc1nc2c(cnn2COCC[Si](C)(C)C)c(Br)c1F. The first kappa shape index (κ1) is 15.6. The van der Waals surface area contributed by atoms with Gasteiger partial charge in [0.15, 0.2) is 11.5 Å². The smallest absolute Gasteiger partial charge is 0.161 e. The Kier molecular flexibility index (Phi) is 4.61. The quantitative estimate of drug-likeness (QED) is 0.599. The van der Waals surface area contributed by atoms with Gasteiger partial charge < -0.3 is 4.74 Å². The van der Waals surface area contributed by atoms with E-state index in [1.165, 1.54) is 0 Å². The monoisotopic (exact) mass is 359 g/mol. The van der Waals surface area contributed by atoms with Crippen LogP contribution in [0.15, 0.2) is 10.7 Å². The number of halogens is 2. The number of rotatable bonds is 5. The van der Waals surface area contributed by atoms with Crippen LogP contribution < -0.4 is 0 Å².